The number of fused-ring (bicyclic) bond motifs is 2. The van der Waals surface area contributed by atoms with Gasteiger partial charge in [-0.3, -0.25) is 11.3 Å². The normalized spacial score (nSPS) is 44.7. The Bertz CT molecular complexity index is 284. The third-order valence-corrected chi connectivity index (χ3v) is 5.84. The summed E-state index contributed by atoms with van der Waals surface area (Å²) in [7, 11) is 0. The molecule has 0 aromatic carbocycles. The van der Waals surface area contributed by atoms with Crippen LogP contribution in [0.4, 0.5) is 0 Å². The van der Waals surface area contributed by atoms with Gasteiger partial charge < -0.3 is 4.74 Å². The molecule has 3 fully saturated rings. The highest BCUT2D eigenvalue weighted by atomic mass is 16.5. The van der Waals surface area contributed by atoms with E-state index in [1.165, 1.54) is 38.5 Å². The highest BCUT2D eigenvalue weighted by Crippen LogP contribution is 2.50. The zero-order valence-electron chi connectivity index (χ0n) is 11.6. The van der Waals surface area contributed by atoms with Gasteiger partial charge >= 0.3 is 0 Å². The summed E-state index contributed by atoms with van der Waals surface area (Å²) in [6.45, 7) is 3.16. The Morgan fingerprint density at radius 2 is 2.17 bits per heavy atom. The van der Waals surface area contributed by atoms with E-state index in [4.69, 9.17) is 10.6 Å². The monoisotopic (exact) mass is 252 g/mol. The highest BCUT2D eigenvalue weighted by Gasteiger charge is 2.42. The second kappa shape index (κ2) is 5.48. The van der Waals surface area contributed by atoms with Gasteiger partial charge in [0.25, 0.3) is 0 Å². The van der Waals surface area contributed by atoms with Crippen molar-refractivity contribution in [2.45, 2.75) is 64.0 Å². The van der Waals surface area contributed by atoms with Crippen molar-refractivity contribution in [2.75, 3.05) is 6.61 Å². The van der Waals surface area contributed by atoms with E-state index < -0.39 is 0 Å². The van der Waals surface area contributed by atoms with Gasteiger partial charge in [-0.25, -0.2) is 0 Å². The topological polar surface area (TPSA) is 47.3 Å². The Kier molecular flexibility index (Phi) is 3.92. The van der Waals surface area contributed by atoms with Crippen molar-refractivity contribution in [3.63, 3.8) is 0 Å². The predicted octanol–water partition coefficient (Wildman–Crippen LogP) is 2.46. The molecule has 3 N–H and O–H groups in total. The summed E-state index contributed by atoms with van der Waals surface area (Å²) in [5.41, 5.74) is 3.11. The zero-order chi connectivity index (χ0) is 12.5. The molecule has 3 nitrogen and oxygen atoms in total. The van der Waals surface area contributed by atoms with Crippen LogP contribution in [0.25, 0.3) is 0 Å². The van der Waals surface area contributed by atoms with Crippen LogP contribution in [0.2, 0.25) is 0 Å². The van der Waals surface area contributed by atoms with E-state index in [1.54, 1.807) is 0 Å². The Balaban J connectivity index is 1.59. The van der Waals surface area contributed by atoms with E-state index in [-0.39, 0.29) is 0 Å². The van der Waals surface area contributed by atoms with Crippen molar-refractivity contribution in [2.24, 2.45) is 29.5 Å². The molecule has 0 amide bonds. The standard InChI is InChI=1S/C15H28N2O/c1-2-15-13(5-6-18-15)14(17-16)9-12-8-10-3-4-11(12)7-10/h10-15,17H,2-9,16H2,1H3. The maximum Gasteiger partial charge on any atom is 0.0616 e. The van der Waals surface area contributed by atoms with Crippen molar-refractivity contribution in [1.82, 2.24) is 5.43 Å². The van der Waals surface area contributed by atoms with Crippen LogP contribution in [0.3, 0.4) is 0 Å². The van der Waals surface area contributed by atoms with E-state index in [2.05, 4.69) is 12.3 Å². The summed E-state index contributed by atoms with van der Waals surface area (Å²) in [6, 6.07) is 0.474. The van der Waals surface area contributed by atoms with Gasteiger partial charge in [-0.1, -0.05) is 13.3 Å². The molecule has 3 rings (SSSR count). The number of rotatable bonds is 5. The molecule has 0 aromatic heterocycles. The smallest absolute Gasteiger partial charge is 0.0616 e. The number of nitrogens with one attached hydrogen (secondary N) is 1. The van der Waals surface area contributed by atoms with Gasteiger partial charge in [0.1, 0.15) is 0 Å². The highest BCUT2D eigenvalue weighted by molar-refractivity contribution is 4.94. The average Bonchev–Trinajstić information content (AvgIpc) is 3.10. The Labute approximate surface area is 111 Å². The quantitative estimate of drug-likeness (QED) is 0.583. The number of hydrogen-bond donors (Lipinski definition) is 2. The van der Waals surface area contributed by atoms with E-state index in [9.17, 15) is 0 Å². The lowest BCUT2D eigenvalue weighted by Gasteiger charge is -2.31. The summed E-state index contributed by atoms with van der Waals surface area (Å²) in [6.07, 6.45) is 9.96. The molecular formula is C15H28N2O. The molecule has 2 saturated carbocycles. The van der Waals surface area contributed by atoms with Gasteiger partial charge in [0, 0.05) is 18.6 Å². The Morgan fingerprint density at radius 1 is 1.28 bits per heavy atom. The number of hydrazine groups is 1. The van der Waals surface area contributed by atoms with Gasteiger partial charge in [0.15, 0.2) is 0 Å². The van der Waals surface area contributed by atoms with Crippen LogP contribution in [-0.2, 0) is 4.74 Å². The molecule has 0 spiro atoms. The molecule has 1 aliphatic heterocycles. The summed E-state index contributed by atoms with van der Waals surface area (Å²) < 4.78 is 5.83. The Morgan fingerprint density at radius 3 is 2.78 bits per heavy atom. The van der Waals surface area contributed by atoms with Gasteiger partial charge in [-0.15, -0.1) is 0 Å². The minimum Gasteiger partial charge on any atom is -0.378 e. The summed E-state index contributed by atoms with van der Waals surface area (Å²) >= 11 is 0. The number of ether oxygens (including phenoxy) is 1. The molecule has 1 saturated heterocycles. The van der Waals surface area contributed by atoms with Crippen LogP contribution in [0, 0.1) is 23.7 Å². The second-order valence-electron chi connectivity index (χ2n) is 6.71. The van der Waals surface area contributed by atoms with Crippen LogP contribution in [0.1, 0.15) is 51.9 Å². The Hall–Kier alpha value is -0.120. The first kappa shape index (κ1) is 12.9. The van der Waals surface area contributed by atoms with Gasteiger partial charge in [0.2, 0.25) is 0 Å². The van der Waals surface area contributed by atoms with Crippen LogP contribution >= 0.6 is 0 Å². The molecule has 0 aromatic rings. The van der Waals surface area contributed by atoms with Crippen molar-refractivity contribution >= 4 is 0 Å². The fourth-order valence-electron chi connectivity index (χ4n) is 4.90. The predicted molar refractivity (Wildman–Crippen MR) is 72.8 cm³/mol. The first-order valence-electron chi connectivity index (χ1n) is 7.89. The summed E-state index contributed by atoms with van der Waals surface area (Å²) in [5.74, 6) is 9.46. The maximum absolute atomic E-state index is 5.84. The fourth-order valence-corrected chi connectivity index (χ4v) is 4.90. The largest absolute Gasteiger partial charge is 0.378 e. The molecule has 6 unspecified atom stereocenters. The summed E-state index contributed by atoms with van der Waals surface area (Å²) in [5, 5.41) is 0. The molecule has 104 valence electrons. The van der Waals surface area contributed by atoms with Crippen LogP contribution in [-0.4, -0.2) is 18.8 Å². The number of hydrogen-bond acceptors (Lipinski definition) is 3. The zero-order valence-corrected chi connectivity index (χ0v) is 11.6. The average molecular weight is 252 g/mol. The fraction of sp³-hybridized carbons (Fsp3) is 1.00. The minimum atomic E-state index is 0.435. The van der Waals surface area contributed by atoms with Crippen LogP contribution < -0.4 is 11.3 Å². The van der Waals surface area contributed by atoms with Crippen molar-refractivity contribution < 1.29 is 4.74 Å². The third kappa shape index (κ3) is 2.33. The van der Waals surface area contributed by atoms with Crippen LogP contribution in [0.15, 0.2) is 0 Å². The summed E-state index contributed by atoms with van der Waals surface area (Å²) in [4.78, 5) is 0. The first-order valence-corrected chi connectivity index (χ1v) is 7.89. The van der Waals surface area contributed by atoms with Gasteiger partial charge in [0.05, 0.1) is 6.10 Å². The van der Waals surface area contributed by atoms with Crippen molar-refractivity contribution in [3.8, 4) is 0 Å². The minimum absolute atomic E-state index is 0.435. The van der Waals surface area contributed by atoms with E-state index in [1.807, 2.05) is 0 Å². The third-order valence-electron chi connectivity index (χ3n) is 5.84. The first-order chi connectivity index (χ1) is 8.81. The van der Waals surface area contributed by atoms with Gasteiger partial charge in [-0.05, 0) is 56.3 Å². The molecule has 6 atom stereocenters. The lowest BCUT2D eigenvalue weighted by molar-refractivity contribution is 0.0725. The molecule has 0 radical (unpaired) electrons. The number of nitrogens with two attached hydrogens (primary N) is 1. The molecule has 3 aliphatic rings. The molecule has 3 heteroatoms. The SMILES string of the molecule is CCC1OCCC1C(CC1CC2CCC1C2)NN. The van der Waals surface area contributed by atoms with Crippen LogP contribution in [0.5, 0.6) is 0 Å². The molecular weight excluding hydrogens is 224 g/mol. The van der Waals surface area contributed by atoms with Crippen molar-refractivity contribution in [1.29, 1.82) is 0 Å². The molecule has 2 aliphatic carbocycles. The van der Waals surface area contributed by atoms with E-state index in [0.717, 1.165) is 30.8 Å². The van der Waals surface area contributed by atoms with Gasteiger partial charge in [-0.2, -0.15) is 0 Å². The lowest BCUT2D eigenvalue weighted by Crippen LogP contribution is -2.45. The molecule has 2 bridgehead atoms. The molecule has 18 heavy (non-hydrogen) atoms. The van der Waals surface area contributed by atoms with E-state index in [0.29, 0.717) is 18.1 Å². The maximum atomic E-state index is 5.84. The second-order valence-corrected chi connectivity index (χ2v) is 6.71. The molecule has 1 heterocycles. The van der Waals surface area contributed by atoms with E-state index >= 15 is 0 Å². The lowest BCUT2D eigenvalue weighted by atomic mass is 9.79. The van der Waals surface area contributed by atoms with Crippen molar-refractivity contribution in [3.05, 3.63) is 0 Å².